The van der Waals surface area contributed by atoms with Gasteiger partial charge in [-0.15, -0.1) is 0 Å². The Balaban J connectivity index is 2.41. The van der Waals surface area contributed by atoms with Crippen molar-refractivity contribution in [2.75, 3.05) is 33.2 Å². The Morgan fingerprint density at radius 2 is 1.52 bits per heavy atom. The number of aromatic hydroxyl groups is 2. The van der Waals surface area contributed by atoms with E-state index in [2.05, 4.69) is 16.0 Å². The minimum absolute atomic E-state index is 0.102. The van der Waals surface area contributed by atoms with Crippen LogP contribution in [-0.2, 0) is 25.6 Å². The number of nitrogens with two attached hydrogens (primary N) is 3. The van der Waals surface area contributed by atoms with Crippen molar-refractivity contribution in [1.29, 1.82) is 0 Å². The predicted octanol–water partition coefficient (Wildman–Crippen LogP) is -0.795. The molecular weight excluding hydrogens is 542 g/mol. The smallest absolute Gasteiger partial charge is 0.245 e. The van der Waals surface area contributed by atoms with Crippen LogP contribution in [0.5, 0.6) is 11.5 Å². The fourth-order valence-electron chi connectivity index (χ4n) is 4.18. The van der Waals surface area contributed by atoms with E-state index in [0.717, 1.165) is 10.5 Å². The highest BCUT2D eigenvalue weighted by molar-refractivity contribution is 5.94. The van der Waals surface area contributed by atoms with E-state index in [1.807, 2.05) is 0 Å². The minimum atomic E-state index is -1.21. The molecule has 2 unspecified atom stereocenters. The Labute approximate surface area is 245 Å². The maximum absolute atomic E-state index is 13.6. The number of rotatable bonds is 15. The van der Waals surface area contributed by atoms with E-state index in [0.29, 0.717) is 23.1 Å². The quantitative estimate of drug-likeness (QED) is 0.131. The third kappa shape index (κ3) is 10.0. The molecule has 3 atom stereocenters. The summed E-state index contributed by atoms with van der Waals surface area (Å²) in [7, 11) is 1.42. The van der Waals surface area contributed by atoms with Gasteiger partial charge in [-0.05, 0) is 79.8 Å². The van der Waals surface area contributed by atoms with Crippen LogP contribution in [0, 0.1) is 6.92 Å². The van der Waals surface area contributed by atoms with Crippen molar-refractivity contribution < 1.29 is 29.4 Å². The number of nitrogens with zero attached hydrogens (tertiary/aromatic N) is 1. The lowest BCUT2D eigenvalue weighted by Crippen LogP contribution is -2.56. The molecule has 0 radical (unpaired) electrons. The molecule has 0 aliphatic carbocycles. The van der Waals surface area contributed by atoms with Crippen LogP contribution in [-0.4, -0.2) is 90.1 Å². The number of hydrogen-bond donors (Lipinski definition) is 8. The van der Waals surface area contributed by atoms with Crippen LogP contribution in [0.3, 0.4) is 0 Å². The second kappa shape index (κ2) is 16.3. The zero-order valence-corrected chi connectivity index (χ0v) is 24.4. The number of hydrogen-bond acceptors (Lipinski definition) is 9. The molecule has 4 amide bonds. The summed E-state index contributed by atoms with van der Waals surface area (Å²) in [5.41, 5.74) is 19.2. The van der Waals surface area contributed by atoms with Crippen LogP contribution in [0.15, 0.2) is 36.4 Å². The normalized spacial score (nSPS) is 13.0. The molecule has 0 aliphatic heterocycles. The lowest BCUT2D eigenvalue weighted by molar-refractivity contribution is -0.139. The molecular formula is C29H43N7O6. The zero-order chi connectivity index (χ0) is 31.4. The number of amides is 4. The molecule has 42 heavy (non-hydrogen) atoms. The maximum atomic E-state index is 13.6. The summed E-state index contributed by atoms with van der Waals surface area (Å²) >= 11 is 0. The summed E-state index contributed by atoms with van der Waals surface area (Å²) < 4.78 is 0. The highest BCUT2D eigenvalue weighted by atomic mass is 16.3. The van der Waals surface area contributed by atoms with Crippen molar-refractivity contribution in [3.05, 3.63) is 47.5 Å². The Bertz CT molecular complexity index is 1250. The second-order valence-electron chi connectivity index (χ2n) is 10.2. The van der Waals surface area contributed by atoms with Crippen molar-refractivity contribution in [3.8, 4) is 22.6 Å². The number of benzene rings is 2. The summed E-state index contributed by atoms with van der Waals surface area (Å²) in [4.78, 5) is 52.7. The number of carbonyl (C=O) groups excluding carboxylic acids is 4. The van der Waals surface area contributed by atoms with E-state index in [9.17, 15) is 29.4 Å². The second-order valence-corrected chi connectivity index (χ2v) is 10.2. The third-order valence-corrected chi connectivity index (χ3v) is 6.62. The molecule has 0 aromatic heterocycles. The lowest BCUT2D eigenvalue weighted by Gasteiger charge is -2.27. The lowest BCUT2D eigenvalue weighted by atomic mass is 9.96. The highest BCUT2D eigenvalue weighted by Crippen LogP contribution is 2.30. The summed E-state index contributed by atoms with van der Waals surface area (Å²) in [6.07, 6.45) is 0.507. The highest BCUT2D eigenvalue weighted by Gasteiger charge is 2.30. The van der Waals surface area contributed by atoms with Crippen LogP contribution in [0.1, 0.15) is 30.9 Å². The number of aryl methyl sites for hydroxylation is 1. The Morgan fingerprint density at radius 1 is 0.905 bits per heavy atom. The molecule has 0 spiro atoms. The van der Waals surface area contributed by atoms with Crippen LogP contribution in [0.4, 0.5) is 0 Å². The van der Waals surface area contributed by atoms with Crippen molar-refractivity contribution in [1.82, 2.24) is 20.9 Å². The molecule has 13 nitrogen and oxygen atoms in total. The Morgan fingerprint density at radius 3 is 2.12 bits per heavy atom. The molecule has 0 aliphatic rings. The number of likely N-dealkylation sites (N-methyl/N-ethyl adjacent to an activating group) is 1. The van der Waals surface area contributed by atoms with Crippen molar-refractivity contribution in [3.63, 3.8) is 0 Å². The van der Waals surface area contributed by atoms with Crippen molar-refractivity contribution in [2.45, 2.75) is 51.2 Å². The monoisotopic (exact) mass is 585 g/mol. The Hall–Kier alpha value is -4.20. The van der Waals surface area contributed by atoms with Gasteiger partial charge in [0.15, 0.2) is 0 Å². The van der Waals surface area contributed by atoms with Crippen LogP contribution >= 0.6 is 0 Å². The van der Waals surface area contributed by atoms with Crippen molar-refractivity contribution in [2.24, 2.45) is 17.2 Å². The number of carbonyl (C=O) groups is 4. The topological polar surface area (TPSA) is 226 Å². The first-order valence-electron chi connectivity index (χ1n) is 13.8. The van der Waals surface area contributed by atoms with Gasteiger partial charge in [0.2, 0.25) is 23.6 Å². The summed E-state index contributed by atoms with van der Waals surface area (Å²) in [6, 6.07) is 6.84. The molecule has 0 heterocycles. The van der Waals surface area contributed by atoms with Gasteiger partial charge in [0, 0.05) is 26.6 Å². The molecule has 2 aromatic rings. The van der Waals surface area contributed by atoms with Gasteiger partial charge in [0.1, 0.15) is 23.6 Å². The minimum Gasteiger partial charge on any atom is -0.508 e. The van der Waals surface area contributed by atoms with Gasteiger partial charge >= 0.3 is 0 Å². The summed E-state index contributed by atoms with van der Waals surface area (Å²) in [5, 5.41) is 28.5. The SMILES string of the molecule is Cc1cc(-c2ccc(O)c(CC(NC(=O)[C@H](CCCN)NC(=O)C(C)N)C(=O)N(C)CC(=O)NCCN)c2)ccc1O. The van der Waals surface area contributed by atoms with Crippen LogP contribution < -0.4 is 33.2 Å². The van der Waals surface area contributed by atoms with Gasteiger partial charge < -0.3 is 48.3 Å². The first-order chi connectivity index (χ1) is 19.9. The summed E-state index contributed by atoms with van der Waals surface area (Å²) in [5.74, 6) is -2.16. The van der Waals surface area contributed by atoms with E-state index in [4.69, 9.17) is 17.2 Å². The number of nitrogens with one attached hydrogen (secondary N) is 3. The fraction of sp³-hybridized carbons (Fsp3) is 0.448. The molecule has 11 N–H and O–H groups in total. The van der Waals surface area contributed by atoms with Crippen molar-refractivity contribution >= 4 is 23.6 Å². The van der Waals surface area contributed by atoms with Gasteiger partial charge in [0.25, 0.3) is 0 Å². The molecule has 2 aromatic carbocycles. The fourth-order valence-corrected chi connectivity index (χ4v) is 4.18. The van der Waals surface area contributed by atoms with E-state index >= 15 is 0 Å². The molecule has 230 valence electrons. The van der Waals surface area contributed by atoms with E-state index in [1.165, 1.54) is 20.0 Å². The van der Waals surface area contributed by atoms with E-state index in [-0.39, 0.29) is 50.5 Å². The third-order valence-electron chi connectivity index (χ3n) is 6.62. The van der Waals surface area contributed by atoms with Gasteiger partial charge in [-0.3, -0.25) is 19.2 Å². The average Bonchev–Trinajstić information content (AvgIpc) is 2.95. The van der Waals surface area contributed by atoms with Gasteiger partial charge in [-0.2, -0.15) is 0 Å². The van der Waals surface area contributed by atoms with Gasteiger partial charge in [0.05, 0.1) is 12.6 Å². The van der Waals surface area contributed by atoms with Crippen LogP contribution in [0.25, 0.3) is 11.1 Å². The van der Waals surface area contributed by atoms with Gasteiger partial charge in [-0.1, -0.05) is 12.1 Å². The molecule has 0 saturated carbocycles. The number of phenolic OH excluding ortho intramolecular Hbond substituents is 2. The summed E-state index contributed by atoms with van der Waals surface area (Å²) in [6.45, 7) is 3.70. The molecule has 13 heteroatoms. The standard InChI is InChI=1S/C29H43N7O6/c1-17-13-19(6-8-24(17)37)20-7-9-25(38)21(14-20)15-23(29(42)36(3)16-26(39)33-12-11-31)35-28(41)22(5-4-10-30)34-27(40)18(2)32/h6-9,13-14,18,22-23,37-38H,4-5,10-12,15-16,30-32H2,1-3H3,(H,33,39)(H,34,40)(H,35,41)/t18?,22-,23?/m0/s1. The van der Waals surface area contributed by atoms with E-state index in [1.54, 1.807) is 37.3 Å². The largest absolute Gasteiger partial charge is 0.508 e. The number of phenols is 2. The zero-order valence-electron chi connectivity index (χ0n) is 24.4. The van der Waals surface area contributed by atoms with Gasteiger partial charge in [-0.25, -0.2) is 0 Å². The first kappa shape index (κ1) is 34.0. The molecule has 0 saturated heterocycles. The van der Waals surface area contributed by atoms with E-state index < -0.39 is 41.8 Å². The Kier molecular flexibility index (Phi) is 13.2. The molecule has 0 bridgehead atoms. The average molecular weight is 586 g/mol. The molecule has 2 rings (SSSR count). The first-order valence-corrected chi connectivity index (χ1v) is 13.8. The maximum Gasteiger partial charge on any atom is 0.245 e. The van der Waals surface area contributed by atoms with Crippen LogP contribution in [0.2, 0.25) is 0 Å². The molecule has 0 fully saturated rings. The predicted molar refractivity (Wildman–Crippen MR) is 159 cm³/mol.